The summed E-state index contributed by atoms with van der Waals surface area (Å²) in [6, 6.07) is 11.0. The third-order valence-electron chi connectivity index (χ3n) is 10.6. The SMILES string of the molecule is Cc1c(CN2CCC(Nc3ncnc4sc(CC(F)(F)F)cc34)CC2)ccc2c1cc(C#N)n2[C@@H]1CCC[C@@H]1N1CCN(S(C)(=O)=O)CC1. The van der Waals surface area contributed by atoms with Gasteiger partial charge < -0.3 is 9.88 Å². The molecule has 2 atom stereocenters. The summed E-state index contributed by atoms with van der Waals surface area (Å²) >= 11 is 1.06. The van der Waals surface area contributed by atoms with Crippen LogP contribution in [0.25, 0.3) is 21.1 Å². The van der Waals surface area contributed by atoms with Crippen molar-refractivity contribution in [1.29, 1.82) is 5.26 Å². The minimum absolute atomic E-state index is 0.157. The zero-order chi connectivity index (χ0) is 34.5. The number of piperazine rings is 1. The Morgan fingerprint density at radius 1 is 1.00 bits per heavy atom. The van der Waals surface area contributed by atoms with Gasteiger partial charge in [-0.3, -0.25) is 9.80 Å². The smallest absolute Gasteiger partial charge is 0.367 e. The summed E-state index contributed by atoms with van der Waals surface area (Å²) in [5.41, 5.74) is 4.16. The zero-order valence-electron chi connectivity index (χ0n) is 27.7. The number of hydrogen-bond donors (Lipinski definition) is 1. The second-order valence-corrected chi connectivity index (χ2v) is 16.8. The van der Waals surface area contributed by atoms with Gasteiger partial charge in [0.2, 0.25) is 10.0 Å². The van der Waals surface area contributed by atoms with Crippen molar-refractivity contribution in [3.8, 4) is 6.07 Å². The molecule has 3 aliphatic rings. The van der Waals surface area contributed by atoms with E-state index >= 15 is 0 Å². The quantitative estimate of drug-likeness (QED) is 0.249. The Kier molecular flexibility index (Phi) is 9.38. The lowest BCUT2D eigenvalue weighted by Crippen LogP contribution is -2.52. The number of benzene rings is 1. The molecule has 0 spiro atoms. The fourth-order valence-corrected chi connectivity index (χ4v) is 9.95. The van der Waals surface area contributed by atoms with E-state index in [2.05, 4.69) is 54.8 Å². The molecule has 0 amide bonds. The second-order valence-electron chi connectivity index (χ2n) is 13.7. The molecule has 1 saturated carbocycles. The van der Waals surface area contributed by atoms with E-state index in [9.17, 15) is 26.9 Å². The Morgan fingerprint density at radius 2 is 1.73 bits per heavy atom. The summed E-state index contributed by atoms with van der Waals surface area (Å²) in [7, 11) is -3.20. The fraction of sp³-hybridized carbons (Fsp3) is 0.559. The highest BCUT2D eigenvalue weighted by atomic mass is 32.2. The summed E-state index contributed by atoms with van der Waals surface area (Å²) in [5, 5.41) is 15.5. The molecule has 0 bridgehead atoms. The molecular formula is C34H41F3N8O2S2. The first-order valence-electron chi connectivity index (χ1n) is 16.9. The summed E-state index contributed by atoms with van der Waals surface area (Å²) in [6.45, 7) is 7.07. The Morgan fingerprint density at radius 3 is 2.43 bits per heavy atom. The van der Waals surface area contributed by atoms with E-state index in [0.29, 0.717) is 47.9 Å². The Hall–Kier alpha value is -3.29. The molecule has 1 N–H and O–H groups in total. The number of sulfonamides is 1. The third-order valence-corrected chi connectivity index (χ3v) is 12.9. The molecule has 3 aromatic heterocycles. The molecule has 15 heteroatoms. The lowest BCUT2D eigenvalue weighted by atomic mass is 10.0. The van der Waals surface area contributed by atoms with Crippen LogP contribution in [0.3, 0.4) is 0 Å². The number of alkyl halides is 3. The number of piperidine rings is 1. The molecule has 1 aromatic carbocycles. The Bertz CT molecular complexity index is 1990. The number of thiophene rings is 1. The van der Waals surface area contributed by atoms with Crippen LogP contribution in [0.5, 0.6) is 0 Å². The first-order valence-corrected chi connectivity index (χ1v) is 19.6. The van der Waals surface area contributed by atoms with Crippen LogP contribution in [-0.4, -0.2) is 101 Å². The third kappa shape index (κ3) is 7.16. The van der Waals surface area contributed by atoms with E-state index in [1.165, 1.54) is 23.7 Å². The molecule has 7 rings (SSSR count). The molecule has 0 unspecified atom stereocenters. The van der Waals surface area contributed by atoms with E-state index in [1.807, 2.05) is 6.07 Å². The summed E-state index contributed by atoms with van der Waals surface area (Å²) in [6.07, 6.45) is 2.30. The summed E-state index contributed by atoms with van der Waals surface area (Å²) in [5.74, 6) is 0.591. The van der Waals surface area contributed by atoms with E-state index in [4.69, 9.17) is 0 Å². The van der Waals surface area contributed by atoms with Crippen LogP contribution >= 0.6 is 11.3 Å². The van der Waals surface area contributed by atoms with Crippen molar-refractivity contribution in [2.75, 3.05) is 50.8 Å². The number of nitrogens with one attached hydrogen (secondary N) is 1. The van der Waals surface area contributed by atoms with E-state index in [-0.39, 0.29) is 23.0 Å². The van der Waals surface area contributed by atoms with Crippen LogP contribution in [0.15, 0.2) is 30.6 Å². The molecule has 1 aliphatic carbocycles. The van der Waals surface area contributed by atoms with Crippen LogP contribution in [-0.2, 0) is 23.0 Å². The molecule has 4 aromatic rings. The zero-order valence-corrected chi connectivity index (χ0v) is 29.3. The number of rotatable bonds is 8. The van der Waals surface area contributed by atoms with Gasteiger partial charge in [-0.15, -0.1) is 11.3 Å². The number of nitrogens with zero attached hydrogens (tertiary/aromatic N) is 7. The van der Waals surface area contributed by atoms with Gasteiger partial charge in [0.15, 0.2) is 0 Å². The highest BCUT2D eigenvalue weighted by molar-refractivity contribution is 7.88. The highest BCUT2D eigenvalue weighted by Crippen LogP contribution is 2.40. The van der Waals surface area contributed by atoms with Crippen molar-refractivity contribution in [3.05, 3.63) is 52.3 Å². The van der Waals surface area contributed by atoms with Crippen molar-refractivity contribution >= 4 is 48.3 Å². The van der Waals surface area contributed by atoms with Gasteiger partial charge in [-0.2, -0.15) is 22.7 Å². The first-order chi connectivity index (χ1) is 23.4. The number of aryl methyl sites for hydroxylation is 1. The normalized spacial score (nSPS) is 22.3. The van der Waals surface area contributed by atoms with Crippen molar-refractivity contribution in [3.63, 3.8) is 0 Å². The summed E-state index contributed by atoms with van der Waals surface area (Å²) < 4.78 is 66.9. The second kappa shape index (κ2) is 13.4. The first kappa shape index (κ1) is 34.2. The standard InChI is InChI=1S/C34H41F3N8O2S2/c1-22-23(20-42-10-8-24(9-11-42)41-32-28-17-26(18-34(35,36)37)48-33(28)40-21-39-32)6-7-29-27(22)16-25(19-38)45(29)31-5-3-4-30(31)43-12-14-44(15-13-43)49(2,46)47/h6-7,16-17,21,24,30-31H,3-5,8-15,18,20H2,1-2H3,(H,39,40,41)/t30-,31+/m0/s1. The Balaban J connectivity index is 1.02. The number of fused-ring (bicyclic) bond motifs is 2. The molecule has 0 radical (unpaired) electrons. The van der Waals surface area contributed by atoms with Crippen molar-refractivity contribution < 1.29 is 21.6 Å². The molecule has 5 heterocycles. The molecule has 262 valence electrons. The average Bonchev–Trinajstić information content (AvgIpc) is 3.79. The van der Waals surface area contributed by atoms with Crippen LogP contribution in [0, 0.1) is 18.3 Å². The molecule has 3 fully saturated rings. The molecule has 10 nitrogen and oxygen atoms in total. The van der Waals surface area contributed by atoms with Crippen molar-refractivity contribution in [1.82, 2.24) is 28.6 Å². The number of anilines is 1. The van der Waals surface area contributed by atoms with Crippen LogP contribution in [0.4, 0.5) is 19.0 Å². The van der Waals surface area contributed by atoms with Gasteiger partial charge in [0.1, 0.15) is 28.7 Å². The van der Waals surface area contributed by atoms with Crippen LogP contribution in [0.2, 0.25) is 0 Å². The lowest BCUT2D eigenvalue weighted by Gasteiger charge is -2.39. The van der Waals surface area contributed by atoms with E-state index in [1.54, 1.807) is 10.4 Å². The van der Waals surface area contributed by atoms with Gasteiger partial charge in [0.25, 0.3) is 0 Å². The van der Waals surface area contributed by atoms with E-state index < -0.39 is 22.6 Å². The number of nitriles is 1. The van der Waals surface area contributed by atoms with Gasteiger partial charge in [-0.1, -0.05) is 6.07 Å². The van der Waals surface area contributed by atoms with Gasteiger partial charge in [0.05, 0.1) is 24.1 Å². The molecule has 2 aliphatic heterocycles. The topological polar surface area (TPSA) is 110 Å². The molecular weight excluding hydrogens is 674 g/mol. The number of hydrogen-bond acceptors (Lipinski definition) is 9. The van der Waals surface area contributed by atoms with Gasteiger partial charge >= 0.3 is 6.18 Å². The fourth-order valence-electron chi connectivity index (χ4n) is 8.09. The maximum atomic E-state index is 13.0. The largest absolute Gasteiger partial charge is 0.393 e. The number of likely N-dealkylation sites (tertiary alicyclic amines) is 1. The van der Waals surface area contributed by atoms with Crippen molar-refractivity contribution in [2.24, 2.45) is 0 Å². The predicted octanol–water partition coefficient (Wildman–Crippen LogP) is 5.68. The minimum Gasteiger partial charge on any atom is -0.367 e. The number of aromatic nitrogens is 3. The highest BCUT2D eigenvalue weighted by Gasteiger charge is 2.37. The monoisotopic (exact) mass is 714 g/mol. The van der Waals surface area contributed by atoms with Crippen molar-refractivity contribution in [2.45, 2.75) is 76.3 Å². The van der Waals surface area contributed by atoms with Gasteiger partial charge in [-0.25, -0.2) is 18.4 Å². The average molecular weight is 715 g/mol. The summed E-state index contributed by atoms with van der Waals surface area (Å²) in [4.78, 5) is 14.2. The molecule has 2 saturated heterocycles. The van der Waals surface area contributed by atoms with Gasteiger partial charge in [0, 0.05) is 73.7 Å². The minimum atomic E-state index is -4.26. The Labute approximate surface area is 288 Å². The van der Waals surface area contributed by atoms with Crippen LogP contribution < -0.4 is 5.32 Å². The van der Waals surface area contributed by atoms with Crippen LogP contribution in [0.1, 0.15) is 59.8 Å². The van der Waals surface area contributed by atoms with Gasteiger partial charge in [-0.05, 0) is 68.4 Å². The lowest BCUT2D eigenvalue weighted by molar-refractivity contribution is -0.126. The van der Waals surface area contributed by atoms with E-state index in [0.717, 1.165) is 74.0 Å². The molecule has 49 heavy (non-hydrogen) atoms. The maximum absolute atomic E-state index is 13.0. The maximum Gasteiger partial charge on any atom is 0.393 e. The predicted molar refractivity (Wildman–Crippen MR) is 185 cm³/mol. The number of halogens is 3.